The number of benzene rings is 3. The van der Waals surface area contributed by atoms with Crippen LogP contribution >= 0.6 is 0 Å². The molecule has 0 bridgehead atoms. The minimum atomic E-state index is -2.04. The van der Waals surface area contributed by atoms with Crippen molar-refractivity contribution in [3.05, 3.63) is 94.1 Å². The predicted molar refractivity (Wildman–Crippen MR) is 157 cm³/mol. The van der Waals surface area contributed by atoms with E-state index in [2.05, 4.69) is 50.6 Å². The minimum Gasteiger partial charge on any atom is -0.506 e. The molecule has 0 radical (unpaired) electrons. The second kappa shape index (κ2) is 10.2. The summed E-state index contributed by atoms with van der Waals surface area (Å²) in [7, 11) is -2.04. The van der Waals surface area contributed by atoms with Gasteiger partial charge in [-0.25, -0.2) is 9.37 Å². The van der Waals surface area contributed by atoms with E-state index in [0.717, 1.165) is 33.6 Å². The van der Waals surface area contributed by atoms with Gasteiger partial charge in [-0.2, -0.15) is 5.26 Å². The zero-order valence-corrected chi connectivity index (χ0v) is 24.8. The number of nitrogens with zero attached hydrogens (tertiary/aromatic N) is 3. The number of ether oxygens (including phenoxy) is 1. The number of hydrogen-bond donors (Lipinski definition) is 1. The largest absolute Gasteiger partial charge is 0.506 e. The molecule has 3 aromatic carbocycles. The van der Waals surface area contributed by atoms with Gasteiger partial charge in [0.25, 0.3) is 0 Å². The van der Waals surface area contributed by atoms with Gasteiger partial charge in [-0.05, 0) is 72.1 Å². The maximum Gasteiger partial charge on any atom is 0.192 e. The summed E-state index contributed by atoms with van der Waals surface area (Å²) < 4.78 is 28.7. The fraction of sp³-hybridized carbons (Fsp3) is 0.312. The number of halogens is 1. The Hall–Kier alpha value is -3.93. The van der Waals surface area contributed by atoms with Gasteiger partial charge < -0.3 is 18.8 Å². The average molecular weight is 556 g/mol. The summed E-state index contributed by atoms with van der Waals surface area (Å²) in [5.74, 6) is 0.911. The number of aromatic hydroxyl groups is 1. The van der Waals surface area contributed by atoms with Crippen molar-refractivity contribution in [2.75, 3.05) is 0 Å². The number of allylic oxidation sites excluding steroid dienone is 1. The van der Waals surface area contributed by atoms with Crippen molar-refractivity contribution in [1.29, 1.82) is 5.26 Å². The molecule has 0 fully saturated rings. The number of hydrogen-bond acceptors (Lipinski definition) is 5. The zero-order valence-electron chi connectivity index (χ0n) is 23.8. The van der Waals surface area contributed by atoms with Crippen LogP contribution in [-0.2, 0) is 24.2 Å². The molecule has 0 saturated carbocycles. The second-order valence-corrected chi connectivity index (χ2v) is 16.6. The summed E-state index contributed by atoms with van der Waals surface area (Å²) in [6.45, 7) is 13.9. The Bertz CT molecular complexity index is 1690. The van der Waals surface area contributed by atoms with E-state index >= 15 is 0 Å². The summed E-state index contributed by atoms with van der Waals surface area (Å²) >= 11 is 0. The van der Waals surface area contributed by atoms with E-state index < -0.39 is 8.32 Å². The van der Waals surface area contributed by atoms with Crippen LogP contribution in [0.1, 0.15) is 55.8 Å². The molecule has 0 aliphatic carbocycles. The molecule has 0 amide bonds. The highest BCUT2D eigenvalue weighted by Crippen LogP contribution is 2.40. The second-order valence-electron chi connectivity index (χ2n) is 11.8. The standard InChI is InChI=1S/C32H34FN3O3Si/c1-20(16-34)30-24-12-10-21(14-22(24)18-38-28-15-23(33)11-13-25(28)30)17-36-26-8-7-9-27(37)31(26)35-29(36)19-39-40(5,6)32(2,3)4/h7-15,37H,17-19H2,1-6H3. The molecule has 40 heavy (non-hydrogen) atoms. The molecule has 6 nitrogen and oxygen atoms in total. The SMILES string of the molecule is CC(C#N)=C1c2ccc(Cn3c(CO[Si](C)(C)C(C)(C)C)nc4c(O)cccc43)cc2COc2cc(F)ccc21. The van der Waals surface area contributed by atoms with Gasteiger partial charge in [0.2, 0.25) is 0 Å². The summed E-state index contributed by atoms with van der Waals surface area (Å²) in [6, 6.07) is 18.2. The van der Waals surface area contributed by atoms with Crippen molar-refractivity contribution in [3.8, 4) is 17.6 Å². The Morgan fingerprint density at radius 2 is 1.90 bits per heavy atom. The number of para-hydroxylation sites is 1. The quantitative estimate of drug-likeness (QED) is 0.202. The fourth-order valence-corrected chi connectivity index (χ4v) is 5.73. The Balaban J connectivity index is 1.55. The number of fused-ring (bicyclic) bond motifs is 3. The maximum atomic E-state index is 14.0. The van der Waals surface area contributed by atoms with Gasteiger partial charge in [0.1, 0.15) is 35.3 Å². The summed E-state index contributed by atoms with van der Waals surface area (Å²) in [5, 5.41) is 20.4. The first-order chi connectivity index (χ1) is 18.9. The summed E-state index contributed by atoms with van der Waals surface area (Å²) in [6.07, 6.45) is 0. The lowest BCUT2D eigenvalue weighted by Gasteiger charge is -2.36. The molecule has 1 aliphatic heterocycles. The third-order valence-electron chi connectivity index (χ3n) is 8.12. The average Bonchev–Trinajstić information content (AvgIpc) is 3.17. The number of rotatable bonds is 5. The molecular weight excluding hydrogens is 521 g/mol. The lowest BCUT2D eigenvalue weighted by molar-refractivity contribution is 0.263. The highest BCUT2D eigenvalue weighted by molar-refractivity contribution is 6.74. The van der Waals surface area contributed by atoms with Crippen LogP contribution in [-0.4, -0.2) is 23.0 Å². The molecule has 5 rings (SSSR count). The highest BCUT2D eigenvalue weighted by Gasteiger charge is 2.37. The molecule has 8 heteroatoms. The molecule has 0 saturated heterocycles. The minimum absolute atomic E-state index is 0.0518. The van der Waals surface area contributed by atoms with E-state index in [1.807, 2.05) is 24.3 Å². The third-order valence-corrected chi connectivity index (χ3v) is 12.6. The molecule has 0 atom stereocenters. The van der Waals surface area contributed by atoms with Crippen molar-refractivity contribution in [3.63, 3.8) is 0 Å². The first kappa shape index (κ1) is 27.6. The Morgan fingerprint density at radius 1 is 1.15 bits per heavy atom. The molecule has 0 unspecified atom stereocenters. The van der Waals surface area contributed by atoms with Gasteiger partial charge in [0, 0.05) is 29.3 Å². The van der Waals surface area contributed by atoms with E-state index in [-0.39, 0.29) is 23.2 Å². The van der Waals surface area contributed by atoms with Crippen molar-refractivity contribution < 1.29 is 18.7 Å². The van der Waals surface area contributed by atoms with Crippen LogP contribution < -0.4 is 4.74 Å². The number of nitriles is 1. The van der Waals surface area contributed by atoms with Crippen molar-refractivity contribution in [2.45, 2.75) is 65.6 Å². The van der Waals surface area contributed by atoms with Crippen LogP contribution in [0.25, 0.3) is 16.6 Å². The van der Waals surface area contributed by atoms with Gasteiger partial charge >= 0.3 is 0 Å². The maximum absolute atomic E-state index is 14.0. The van der Waals surface area contributed by atoms with Crippen LogP contribution in [0.3, 0.4) is 0 Å². The predicted octanol–water partition coefficient (Wildman–Crippen LogP) is 7.69. The molecular formula is C32H34FN3O3Si. The van der Waals surface area contributed by atoms with Gasteiger partial charge in [0.05, 0.1) is 18.2 Å². The molecule has 4 aromatic rings. The molecule has 1 aromatic heterocycles. The van der Waals surface area contributed by atoms with Crippen LogP contribution in [0.15, 0.2) is 60.2 Å². The van der Waals surface area contributed by atoms with Crippen LogP contribution in [0.2, 0.25) is 18.1 Å². The smallest absolute Gasteiger partial charge is 0.192 e. The lowest BCUT2D eigenvalue weighted by Crippen LogP contribution is -2.40. The molecule has 0 spiro atoms. The van der Waals surface area contributed by atoms with E-state index in [1.165, 1.54) is 12.1 Å². The van der Waals surface area contributed by atoms with Crippen LogP contribution in [0.5, 0.6) is 11.5 Å². The first-order valence-corrected chi connectivity index (χ1v) is 16.3. The zero-order chi connectivity index (χ0) is 28.8. The van der Waals surface area contributed by atoms with Gasteiger partial charge in [-0.3, -0.25) is 0 Å². The van der Waals surface area contributed by atoms with E-state index in [1.54, 1.807) is 19.1 Å². The molecule has 2 heterocycles. The van der Waals surface area contributed by atoms with Gasteiger partial charge in [-0.1, -0.05) is 39.0 Å². The highest BCUT2D eigenvalue weighted by atomic mass is 28.4. The fourth-order valence-electron chi connectivity index (χ4n) is 4.80. The van der Waals surface area contributed by atoms with Crippen molar-refractivity contribution in [1.82, 2.24) is 9.55 Å². The number of phenolic OH excluding ortho intramolecular Hbond substituents is 1. The third kappa shape index (κ3) is 5.03. The van der Waals surface area contributed by atoms with E-state index in [0.29, 0.717) is 35.6 Å². The van der Waals surface area contributed by atoms with Crippen LogP contribution in [0, 0.1) is 17.1 Å². The number of imidazole rings is 1. The molecule has 1 N–H and O–H groups in total. The summed E-state index contributed by atoms with van der Waals surface area (Å²) in [4.78, 5) is 4.78. The van der Waals surface area contributed by atoms with Crippen LogP contribution in [0.4, 0.5) is 4.39 Å². The number of phenols is 1. The molecule has 206 valence electrons. The monoisotopic (exact) mass is 555 g/mol. The first-order valence-electron chi connectivity index (χ1n) is 13.4. The Morgan fingerprint density at radius 3 is 2.62 bits per heavy atom. The van der Waals surface area contributed by atoms with Gasteiger partial charge in [-0.15, -0.1) is 0 Å². The van der Waals surface area contributed by atoms with E-state index in [9.17, 15) is 14.8 Å². The Labute approximate surface area is 235 Å². The van der Waals surface area contributed by atoms with Crippen molar-refractivity contribution >= 4 is 24.9 Å². The number of aromatic nitrogens is 2. The summed E-state index contributed by atoms with van der Waals surface area (Å²) in [5.41, 5.74) is 6.16. The van der Waals surface area contributed by atoms with Gasteiger partial charge in [0.15, 0.2) is 8.32 Å². The topological polar surface area (TPSA) is 80.3 Å². The molecule has 1 aliphatic rings. The normalized spacial score (nSPS) is 14.7. The Kier molecular flexibility index (Phi) is 7.07. The lowest BCUT2D eigenvalue weighted by atomic mass is 9.90. The van der Waals surface area contributed by atoms with E-state index in [4.69, 9.17) is 14.1 Å². The van der Waals surface area contributed by atoms with Crippen molar-refractivity contribution in [2.24, 2.45) is 0 Å².